The molecule has 0 unspecified atom stereocenters. The Bertz CT molecular complexity index is 1830. The van der Waals surface area contributed by atoms with Crippen LogP contribution in [0.25, 0.3) is 11.4 Å². The van der Waals surface area contributed by atoms with E-state index >= 15 is 0 Å². The van der Waals surface area contributed by atoms with E-state index in [1.54, 1.807) is 4.80 Å². The van der Waals surface area contributed by atoms with Gasteiger partial charge in [-0.1, -0.05) is 133 Å². The molecule has 1 aliphatic heterocycles. The smallest absolute Gasteiger partial charge is 0.204 e. The number of nitrogens with one attached hydrogen (secondary N) is 1. The van der Waals surface area contributed by atoms with Crippen molar-refractivity contribution < 1.29 is 0 Å². The Hall–Kier alpha value is -4.78. The molecular weight excluding hydrogens is 588 g/mol. The molecule has 0 spiro atoms. The van der Waals surface area contributed by atoms with Gasteiger partial charge in [0.1, 0.15) is 0 Å². The number of likely N-dealkylation sites (tertiary alicyclic amines) is 1. The van der Waals surface area contributed by atoms with Crippen molar-refractivity contribution in [1.82, 2.24) is 25.1 Å². The zero-order chi connectivity index (χ0) is 31.2. The van der Waals surface area contributed by atoms with Gasteiger partial charge in [-0.2, -0.15) is 0 Å². The molecule has 5 aromatic carbocycles. The number of anilines is 1. The van der Waals surface area contributed by atoms with Gasteiger partial charge >= 0.3 is 0 Å². The molecule has 1 aliphatic rings. The highest BCUT2D eigenvalue weighted by molar-refractivity contribution is 6.31. The minimum atomic E-state index is -0.932. The topological polar surface area (TPSA) is 58.9 Å². The third kappa shape index (κ3) is 6.19. The number of rotatable bonds is 10. The zero-order valence-corrected chi connectivity index (χ0v) is 26.5. The Labute approximate surface area is 275 Å². The maximum atomic E-state index is 6.93. The molecule has 230 valence electrons. The first kappa shape index (κ1) is 29.9. The van der Waals surface area contributed by atoms with Gasteiger partial charge in [-0.15, -0.1) is 15.0 Å². The highest BCUT2D eigenvalue weighted by atomic mass is 35.5. The van der Waals surface area contributed by atoms with E-state index in [2.05, 4.69) is 93.3 Å². The summed E-state index contributed by atoms with van der Waals surface area (Å²) in [7, 11) is 0. The quantitative estimate of drug-likeness (QED) is 0.155. The van der Waals surface area contributed by atoms with Crippen molar-refractivity contribution in [3.8, 4) is 11.4 Å². The summed E-state index contributed by atoms with van der Waals surface area (Å²) in [6, 6.07) is 45.5. The maximum absolute atomic E-state index is 6.93. The van der Waals surface area contributed by atoms with Gasteiger partial charge < -0.3 is 5.32 Å². The monoisotopic (exact) mass is 624 g/mol. The molecule has 0 amide bonds. The maximum Gasteiger partial charge on any atom is 0.204 e. The number of halogens is 1. The van der Waals surface area contributed by atoms with Crippen molar-refractivity contribution in [3.63, 3.8) is 0 Å². The number of nitrogens with zero attached hydrogens (tertiary/aromatic N) is 5. The van der Waals surface area contributed by atoms with Gasteiger partial charge in [-0.05, 0) is 71.6 Å². The van der Waals surface area contributed by atoms with E-state index in [9.17, 15) is 0 Å². The normalized spacial score (nSPS) is 13.8. The lowest BCUT2D eigenvalue weighted by molar-refractivity contribution is 0.221. The SMILES string of the molecule is Clc1ccccc1C(c1ccccc1)(c1ccccc1)n1nnc(-c2ccc(CNc3cccc(CN4CCCCC4)c3)cc2)n1. The third-order valence-electron chi connectivity index (χ3n) is 8.85. The highest BCUT2D eigenvalue weighted by Crippen LogP contribution is 2.42. The fourth-order valence-corrected chi connectivity index (χ4v) is 6.81. The number of hydrogen-bond donors (Lipinski definition) is 1. The van der Waals surface area contributed by atoms with E-state index in [0.717, 1.165) is 41.0 Å². The van der Waals surface area contributed by atoms with Crippen molar-refractivity contribution >= 4 is 17.3 Å². The summed E-state index contributed by atoms with van der Waals surface area (Å²) in [5.74, 6) is 0.549. The summed E-state index contributed by atoms with van der Waals surface area (Å²) in [5.41, 5.74) is 6.48. The Morgan fingerprint density at radius 3 is 2.04 bits per heavy atom. The molecular formula is C39H37ClN6. The molecule has 1 fully saturated rings. The van der Waals surface area contributed by atoms with Crippen LogP contribution in [0.15, 0.2) is 133 Å². The second kappa shape index (κ2) is 13.7. The minimum absolute atomic E-state index is 0.549. The van der Waals surface area contributed by atoms with Gasteiger partial charge in [-0.25, -0.2) is 0 Å². The lowest BCUT2D eigenvalue weighted by Gasteiger charge is -2.34. The fourth-order valence-electron chi connectivity index (χ4n) is 6.53. The molecule has 0 aliphatic carbocycles. The van der Waals surface area contributed by atoms with E-state index in [1.165, 1.54) is 43.5 Å². The van der Waals surface area contributed by atoms with Crippen molar-refractivity contribution in [2.45, 2.75) is 37.9 Å². The van der Waals surface area contributed by atoms with Crippen LogP contribution >= 0.6 is 11.6 Å². The van der Waals surface area contributed by atoms with Gasteiger partial charge in [0.2, 0.25) is 5.82 Å². The molecule has 0 bridgehead atoms. The molecule has 0 radical (unpaired) electrons. The van der Waals surface area contributed by atoms with E-state index in [1.807, 2.05) is 60.7 Å². The molecule has 0 atom stereocenters. The first-order chi connectivity index (χ1) is 22.7. The van der Waals surface area contributed by atoms with Crippen LogP contribution in [-0.4, -0.2) is 38.2 Å². The number of hydrogen-bond acceptors (Lipinski definition) is 5. The van der Waals surface area contributed by atoms with Crippen molar-refractivity contribution in [2.75, 3.05) is 18.4 Å². The summed E-state index contributed by atoms with van der Waals surface area (Å²) in [6.07, 6.45) is 3.97. The standard InChI is InChI=1S/C39H37ClN6/c40-37-20-9-8-19-36(37)39(33-14-4-1-5-15-33,34-16-6-2-7-17-34)46-43-38(42-44-46)32-23-21-30(22-24-32)28-41-35-18-12-13-31(27-35)29-45-25-10-3-11-26-45/h1-2,4-9,12-24,27,41H,3,10-11,25-26,28-29H2. The summed E-state index contributed by atoms with van der Waals surface area (Å²) in [5, 5.41) is 18.5. The van der Waals surface area contributed by atoms with Crippen LogP contribution < -0.4 is 5.32 Å². The molecule has 6 nitrogen and oxygen atoms in total. The average Bonchev–Trinajstić information content (AvgIpc) is 3.61. The van der Waals surface area contributed by atoms with Crippen LogP contribution in [-0.2, 0) is 18.6 Å². The lowest BCUT2D eigenvalue weighted by atomic mass is 9.77. The van der Waals surface area contributed by atoms with Crippen LogP contribution in [0.4, 0.5) is 5.69 Å². The first-order valence-electron chi connectivity index (χ1n) is 16.0. The van der Waals surface area contributed by atoms with E-state index in [-0.39, 0.29) is 0 Å². The predicted molar refractivity (Wildman–Crippen MR) is 186 cm³/mol. The highest BCUT2D eigenvalue weighted by Gasteiger charge is 2.42. The Kier molecular flexibility index (Phi) is 8.90. The lowest BCUT2D eigenvalue weighted by Crippen LogP contribution is -2.40. The van der Waals surface area contributed by atoms with Crippen LogP contribution in [0, 0.1) is 0 Å². The molecule has 6 aromatic rings. The van der Waals surface area contributed by atoms with Crippen molar-refractivity contribution in [3.05, 3.63) is 166 Å². The van der Waals surface area contributed by atoms with Crippen molar-refractivity contribution in [1.29, 1.82) is 0 Å². The summed E-state index contributed by atoms with van der Waals surface area (Å²) < 4.78 is 0. The molecule has 2 heterocycles. The van der Waals surface area contributed by atoms with Gasteiger partial charge in [0.25, 0.3) is 0 Å². The Balaban J connectivity index is 1.15. The largest absolute Gasteiger partial charge is 0.381 e. The second-order valence-electron chi connectivity index (χ2n) is 11.9. The molecule has 1 aromatic heterocycles. The van der Waals surface area contributed by atoms with Crippen molar-refractivity contribution in [2.24, 2.45) is 0 Å². The molecule has 46 heavy (non-hydrogen) atoms. The average molecular weight is 625 g/mol. The minimum Gasteiger partial charge on any atom is -0.381 e. The Morgan fingerprint density at radius 2 is 1.35 bits per heavy atom. The van der Waals surface area contributed by atoms with Crippen LogP contribution in [0.1, 0.15) is 47.1 Å². The van der Waals surface area contributed by atoms with Gasteiger partial charge in [0.05, 0.1) is 0 Å². The molecule has 1 N–H and O–H groups in total. The zero-order valence-electron chi connectivity index (χ0n) is 25.8. The predicted octanol–water partition coefficient (Wildman–Crippen LogP) is 8.43. The molecule has 7 rings (SSSR count). The number of tetrazole rings is 1. The van der Waals surface area contributed by atoms with E-state index in [4.69, 9.17) is 16.7 Å². The molecule has 0 saturated carbocycles. The van der Waals surface area contributed by atoms with Crippen LogP contribution in [0.5, 0.6) is 0 Å². The number of aromatic nitrogens is 4. The van der Waals surface area contributed by atoms with Crippen LogP contribution in [0.2, 0.25) is 5.02 Å². The first-order valence-corrected chi connectivity index (χ1v) is 16.4. The molecule has 7 heteroatoms. The fraction of sp³-hybridized carbons (Fsp3) is 0.205. The second-order valence-corrected chi connectivity index (χ2v) is 12.3. The van der Waals surface area contributed by atoms with Gasteiger partial charge in [-0.3, -0.25) is 4.90 Å². The molecule has 1 saturated heterocycles. The Morgan fingerprint density at radius 1 is 0.674 bits per heavy atom. The van der Waals surface area contributed by atoms with Gasteiger partial charge in [0.15, 0.2) is 5.54 Å². The summed E-state index contributed by atoms with van der Waals surface area (Å²) in [6.45, 7) is 4.15. The van der Waals surface area contributed by atoms with Gasteiger partial charge in [0, 0.05) is 34.9 Å². The summed E-state index contributed by atoms with van der Waals surface area (Å²) in [4.78, 5) is 4.27. The van der Waals surface area contributed by atoms with E-state index in [0.29, 0.717) is 10.8 Å². The number of benzene rings is 5. The van der Waals surface area contributed by atoms with Crippen LogP contribution in [0.3, 0.4) is 0 Å². The summed E-state index contributed by atoms with van der Waals surface area (Å²) >= 11 is 6.93. The third-order valence-corrected chi connectivity index (χ3v) is 9.18. The van der Waals surface area contributed by atoms with E-state index < -0.39 is 5.54 Å². The number of piperidine rings is 1.